The van der Waals surface area contributed by atoms with Crippen molar-refractivity contribution in [3.63, 3.8) is 0 Å². The van der Waals surface area contributed by atoms with Gasteiger partial charge in [0.2, 0.25) is 0 Å². The van der Waals surface area contributed by atoms with Gasteiger partial charge in [-0.3, -0.25) is 4.79 Å². The smallest absolute Gasteiger partial charge is 0.337 e. The van der Waals surface area contributed by atoms with E-state index in [9.17, 15) is 14.4 Å². The highest BCUT2D eigenvalue weighted by Crippen LogP contribution is 2.17. The molecular weight excluding hydrogens is 264 g/mol. The summed E-state index contributed by atoms with van der Waals surface area (Å²) < 4.78 is 9.12. The molecule has 0 bridgehead atoms. The first-order valence-electron chi connectivity index (χ1n) is 5.46. The van der Waals surface area contributed by atoms with Crippen LogP contribution in [-0.4, -0.2) is 38.6 Å². The third kappa shape index (κ3) is 3.81. The predicted octanol–water partition coefficient (Wildman–Crippen LogP) is 1.12. The summed E-state index contributed by atoms with van der Waals surface area (Å²) in [6, 6.07) is 3.99. The fraction of sp³-hybridized carbons (Fsp3) is 0.231. The molecule has 1 aromatic carbocycles. The topological polar surface area (TPSA) is 86.1 Å². The summed E-state index contributed by atoms with van der Waals surface area (Å²) in [6.45, 7) is 6.24. The molecule has 0 heterocycles. The molecule has 7 nitrogen and oxygen atoms in total. The highest BCUT2D eigenvalue weighted by atomic mass is 16.5. The normalized spacial score (nSPS) is 9.25. The summed E-state index contributed by atoms with van der Waals surface area (Å²) >= 11 is 0. The van der Waals surface area contributed by atoms with Crippen LogP contribution in [0.25, 0.3) is 4.85 Å². The van der Waals surface area contributed by atoms with Gasteiger partial charge in [-0.1, -0.05) is 0 Å². The van der Waals surface area contributed by atoms with Crippen molar-refractivity contribution >= 4 is 23.5 Å². The van der Waals surface area contributed by atoms with Gasteiger partial charge in [-0.15, -0.1) is 0 Å². The summed E-state index contributed by atoms with van der Waals surface area (Å²) in [7, 11) is 2.40. The molecule has 0 aliphatic carbocycles. The average Bonchev–Trinajstić information content (AvgIpc) is 2.45. The van der Waals surface area contributed by atoms with Crippen molar-refractivity contribution < 1.29 is 23.9 Å². The van der Waals surface area contributed by atoms with E-state index in [4.69, 9.17) is 6.57 Å². The zero-order valence-electron chi connectivity index (χ0n) is 10.9. The maximum atomic E-state index is 11.5. The fourth-order valence-electron chi connectivity index (χ4n) is 1.44. The minimum Gasteiger partial charge on any atom is -0.465 e. The number of benzene rings is 1. The summed E-state index contributed by atoms with van der Waals surface area (Å²) in [5.41, 5.74) is 0.393. The molecule has 0 aromatic heterocycles. The Bertz CT molecular complexity index is 555. The molecule has 0 atom stereocenters. The largest absolute Gasteiger partial charge is 0.465 e. The quantitative estimate of drug-likeness (QED) is 0.657. The van der Waals surface area contributed by atoms with E-state index in [-0.39, 0.29) is 23.4 Å². The number of carbonyl (C=O) groups is 3. The summed E-state index contributed by atoms with van der Waals surface area (Å²) in [5.74, 6) is -1.86. The molecule has 1 rings (SSSR count). The number of nitrogens with zero attached hydrogens (tertiary/aromatic N) is 1. The van der Waals surface area contributed by atoms with Gasteiger partial charge in [0.15, 0.2) is 0 Å². The second-order valence-corrected chi connectivity index (χ2v) is 3.65. The Morgan fingerprint density at radius 3 is 2.00 bits per heavy atom. The molecule has 0 spiro atoms. The minimum atomic E-state index is -0.656. The Morgan fingerprint density at radius 1 is 1.10 bits per heavy atom. The summed E-state index contributed by atoms with van der Waals surface area (Å²) in [4.78, 5) is 37.3. The monoisotopic (exact) mass is 276 g/mol. The van der Waals surface area contributed by atoms with Crippen LogP contribution in [-0.2, 0) is 14.3 Å². The number of hydrogen-bond acceptors (Lipinski definition) is 5. The van der Waals surface area contributed by atoms with Gasteiger partial charge in [-0.05, 0) is 18.2 Å². The van der Waals surface area contributed by atoms with E-state index in [0.29, 0.717) is 0 Å². The molecule has 20 heavy (non-hydrogen) atoms. The molecular formula is C13H12N2O5. The Hall–Kier alpha value is -2.88. The average molecular weight is 276 g/mol. The first-order valence-corrected chi connectivity index (χ1v) is 5.46. The Balaban J connectivity index is 3.16. The van der Waals surface area contributed by atoms with Crippen LogP contribution in [0.2, 0.25) is 0 Å². The molecule has 0 fully saturated rings. The first-order chi connectivity index (χ1) is 9.51. The molecule has 0 radical (unpaired) electrons. The number of amides is 1. The van der Waals surface area contributed by atoms with Crippen LogP contribution in [0.1, 0.15) is 20.7 Å². The number of rotatable bonds is 4. The van der Waals surface area contributed by atoms with E-state index in [1.54, 1.807) is 0 Å². The van der Waals surface area contributed by atoms with Crippen molar-refractivity contribution in [2.24, 2.45) is 0 Å². The van der Waals surface area contributed by atoms with Gasteiger partial charge in [0, 0.05) is 5.69 Å². The lowest BCUT2D eigenvalue weighted by Crippen LogP contribution is -2.15. The molecule has 0 saturated carbocycles. The lowest BCUT2D eigenvalue weighted by Gasteiger charge is -2.08. The third-order valence-corrected chi connectivity index (χ3v) is 2.28. The highest BCUT2D eigenvalue weighted by Gasteiger charge is 2.15. The van der Waals surface area contributed by atoms with Crippen LogP contribution >= 0.6 is 0 Å². The van der Waals surface area contributed by atoms with E-state index in [1.807, 2.05) is 0 Å². The van der Waals surface area contributed by atoms with Gasteiger partial charge in [0.05, 0.1) is 25.3 Å². The van der Waals surface area contributed by atoms with E-state index >= 15 is 0 Å². The van der Waals surface area contributed by atoms with E-state index in [2.05, 4.69) is 19.6 Å². The molecule has 104 valence electrons. The van der Waals surface area contributed by atoms with Crippen LogP contribution in [0.4, 0.5) is 5.69 Å². The minimum absolute atomic E-state index is 0.0912. The number of anilines is 1. The molecule has 7 heteroatoms. The molecule has 0 unspecified atom stereocenters. The maximum absolute atomic E-state index is 11.5. The number of carbonyl (C=O) groups excluding carboxylic acids is 3. The Kier molecular flexibility index (Phi) is 5.23. The van der Waals surface area contributed by atoms with Gasteiger partial charge in [0.25, 0.3) is 6.54 Å². The SMILES string of the molecule is [C-]#[N+]CC(=O)Nc1cc(C(=O)OC)cc(C(=O)OC)c1. The van der Waals surface area contributed by atoms with Gasteiger partial charge >= 0.3 is 17.8 Å². The molecule has 1 amide bonds. The van der Waals surface area contributed by atoms with Crippen LogP contribution < -0.4 is 5.32 Å². The Labute approximate surface area is 115 Å². The zero-order valence-corrected chi connectivity index (χ0v) is 10.9. The van der Waals surface area contributed by atoms with Gasteiger partial charge in [-0.25, -0.2) is 16.2 Å². The van der Waals surface area contributed by atoms with Crippen molar-refractivity contribution in [2.45, 2.75) is 0 Å². The number of esters is 2. The van der Waals surface area contributed by atoms with Crippen LogP contribution in [0.3, 0.4) is 0 Å². The number of methoxy groups -OCH3 is 2. The third-order valence-electron chi connectivity index (χ3n) is 2.28. The Morgan fingerprint density at radius 2 is 1.60 bits per heavy atom. The molecule has 1 N–H and O–H groups in total. The van der Waals surface area contributed by atoms with Crippen molar-refractivity contribution in [2.75, 3.05) is 26.1 Å². The molecule has 0 saturated heterocycles. The van der Waals surface area contributed by atoms with E-state index < -0.39 is 17.8 Å². The van der Waals surface area contributed by atoms with Crippen molar-refractivity contribution in [3.8, 4) is 0 Å². The maximum Gasteiger partial charge on any atom is 0.337 e. The predicted molar refractivity (Wildman–Crippen MR) is 69.2 cm³/mol. The zero-order chi connectivity index (χ0) is 15.1. The van der Waals surface area contributed by atoms with Gasteiger partial charge in [-0.2, -0.15) is 0 Å². The van der Waals surface area contributed by atoms with E-state index in [1.165, 1.54) is 32.4 Å². The van der Waals surface area contributed by atoms with Gasteiger partial charge < -0.3 is 19.6 Å². The molecule has 1 aromatic rings. The lowest BCUT2D eigenvalue weighted by atomic mass is 10.1. The summed E-state index contributed by atoms with van der Waals surface area (Å²) in [6.07, 6.45) is 0. The van der Waals surface area contributed by atoms with Gasteiger partial charge in [0.1, 0.15) is 0 Å². The van der Waals surface area contributed by atoms with E-state index in [0.717, 1.165) is 0 Å². The van der Waals surface area contributed by atoms with Crippen LogP contribution in [0.5, 0.6) is 0 Å². The lowest BCUT2D eigenvalue weighted by molar-refractivity contribution is -0.114. The second kappa shape index (κ2) is 6.89. The van der Waals surface area contributed by atoms with Crippen molar-refractivity contribution in [1.82, 2.24) is 0 Å². The number of hydrogen-bond donors (Lipinski definition) is 1. The highest BCUT2D eigenvalue weighted by molar-refractivity contribution is 6.00. The fourth-order valence-corrected chi connectivity index (χ4v) is 1.44. The molecule has 0 aliphatic rings. The second-order valence-electron chi connectivity index (χ2n) is 3.65. The first kappa shape index (κ1) is 15.2. The van der Waals surface area contributed by atoms with Crippen molar-refractivity contribution in [3.05, 3.63) is 40.7 Å². The standard InChI is InChI=1S/C13H12N2O5/c1-14-7-11(16)15-10-5-8(12(17)19-2)4-9(6-10)13(18)20-3/h4-6H,7H2,2-3H3,(H,15,16). The molecule has 0 aliphatic heterocycles. The van der Waals surface area contributed by atoms with Crippen LogP contribution in [0.15, 0.2) is 18.2 Å². The number of nitrogens with one attached hydrogen (secondary N) is 1. The van der Waals surface area contributed by atoms with Crippen molar-refractivity contribution in [1.29, 1.82) is 0 Å². The summed E-state index contributed by atoms with van der Waals surface area (Å²) in [5, 5.41) is 2.41. The number of ether oxygens (including phenoxy) is 2. The van der Waals surface area contributed by atoms with Crippen LogP contribution in [0, 0.1) is 6.57 Å².